The van der Waals surface area contributed by atoms with E-state index in [0.29, 0.717) is 71.5 Å². The second kappa shape index (κ2) is 14.2. The van der Waals surface area contributed by atoms with Gasteiger partial charge in [0.2, 0.25) is 21.8 Å². The molecule has 3 heterocycles. The van der Waals surface area contributed by atoms with Crippen LogP contribution in [0.2, 0.25) is 10.0 Å². The Hall–Kier alpha value is -4.30. The highest BCUT2D eigenvalue weighted by molar-refractivity contribution is 7.89. The monoisotopic (exact) mass is 698 g/mol. The van der Waals surface area contributed by atoms with Crippen molar-refractivity contribution >= 4 is 50.7 Å². The minimum atomic E-state index is -3.59. The standard InChI is InChI=1S/C32H32Cl2N6O6S/c1-39-32(43)24(12-15-35-39)30(42)36-26-9-5-7-22(28(26)34)21-6-4-8-23(27(21)33)25-11-10-20(31(37-25)46-2)18-40-16-13-19(14-17-40)29(41)38-47(3,44)45/h4-12,15,19H,13-14,16-18H2,1-3H3,(H,36,42)(H,38,41). The van der Waals surface area contributed by atoms with Crippen LogP contribution < -0.4 is 20.3 Å². The number of sulfonamides is 1. The first-order valence-electron chi connectivity index (χ1n) is 14.6. The molecule has 1 saturated heterocycles. The Balaban J connectivity index is 1.34. The van der Waals surface area contributed by atoms with Crippen molar-refractivity contribution in [2.75, 3.05) is 31.8 Å². The highest BCUT2D eigenvalue weighted by atomic mass is 35.5. The number of carbonyl (C=O) groups excluding carboxylic acids is 2. The molecule has 0 spiro atoms. The van der Waals surface area contributed by atoms with Crippen LogP contribution in [0.4, 0.5) is 5.69 Å². The molecule has 5 rings (SSSR count). The normalized spacial score (nSPS) is 14.1. The van der Waals surface area contributed by atoms with Crippen LogP contribution in [0.15, 0.2) is 65.6 Å². The molecule has 1 aliphatic heterocycles. The molecule has 2 aromatic carbocycles. The van der Waals surface area contributed by atoms with Gasteiger partial charge in [-0.3, -0.25) is 24.0 Å². The van der Waals surface area contributed by atoms with Gasteiger partial charge in [-0.15, -0.1) is 0 Å². The number of hydrogen-bond donors (Lipinski definition) is 2. The van der Waals surface area contributed by atoms with Gasteiger partial charge in [-0.1, -0.05) is 59.6 Å². The van der Waals surface area contributed by atoms with E-state index < -0.39 is 27.4 Å². The second-order valence-corrected chi connectivity index (χ2v) is 13.6. The van der Waals surface area contributed by atoms with E-state index >= 15 is 0 Å². The van der Waals surface area contributed by atoms with Gasteiger partial charge in [0.25, 0.3) is 11.5 Å². The van der Waals surface area contributed by atoms with Gasteiger partial charge in [-0.05, 0) is 44.1 Å². The maximum atomic E-state index is 12.9. The zero-order valence-corrected chi connectivity index (χ0v) is 28.1. The van der Waals surface area contributed by atoms with Gasteiger partial charge in [0.05, 0.1) is 34.8 Å². The van der Waals surface area contributed by atoms with E-state index in [1.807, 2.05) is 30.3 Å². The average Bonchev–Trinajstić information content (AvgIpc) is 3.03. The number of carbonyl (C=O) groups is 2. The van der Waals surface area contributed by atoms with Gasteiger partial charge >= 0.3 is 0 Å². The Morgan fingerprint density at radius 2 is 1.64 bits per heavy atom. The minimum absolute atomic E-state index is 0.0750. The lowest BCUT2D eigenvalue weighted by atomic mass is 9.96. The number of anilines is 1. The quantitative estimate of drug-likeness (QED) is 0.260. The summed E-state index contributed by atoms with van der Waals surface area (Å²) in [7, 11) is -0.599. The molecular weight excluding hydrogens is 667 g/mol. The van der Waals surface area contributed by atoms with Gasteiger partial charge in [-0.25, -0.2) is 18.1 Å². The fourth-order valence-corrected chi connectivity index (χ4v) is 6.55. The molecule has 246 valence electrons. The number of likely N-dealkylation sites (tertiary alicyclic amines) is 1. The molecule has 0 atom stereocenters. The average molecular weight is 700 g/mol. The third-order valence-electron chi connectivity index (χ3n) is 7.83. The summed E-state index contributed by atoms with van der Waals surface area (Å²) in [6, 6.07) is 15.7. The summed E-state index contributed by atoms with van der Waals surface area (Å²) < 4.78 is 31.6. The molecule has 0 bridgehead atoms. The summed E-state index contributed by atoms with van der Waals surface area (Å²) in [4.78, 5) is 44.4. The van der Waals surface area contributed by atoms with Gasteiger partial charge < -0.3 is 10.1 Å². The molecule has 15 heteroatoms. The summed E-state index contributed by atoms with van der Waals surface area (Å²) in [5.74, 6) is -1.03. The number of nitrogens with zero attached hydrogens (tertiary/aromatic N) is 4. The molecule has 1 fully saturated rings. The fraction of sp³-hybridized carbons (Fsp3) is 0.281. The van der Waals surface area contributed by atoms with Crippen molar-refractivity contribution in [3.8, 4) is 28.3 Å². The van der Waals surface area contributed by atoms with Crippen LogP contribution in [0.5, 0.6) is 5.88 Å². The number of piperidine rings is 1. The predicted molar refractivity (Wildman–Crippen MR) is 180 cm³/mol. The van der Waals surface area contributed by atoms with Crippen LogP contribution >= 0.6 is 23.2 Å². The highest BCUT2D eigenvalue weighted by Gasteiger charge is 2.27. The van der Waals surface area contributed by atoms with E-state index in [2.05, 4.69) is 20.0 Å². The Bertz CT molecular complexity index is 2010. The topological polar surface area (TPSA) is 153 Å². The predicted octanol–water partition coefficient (Wildman–Crippen LogP) is 4.36. The number of halogens is 2. The molecule has 0 unspecified atom stereocenters. The first-order chi connectivity index (χ1) is 22.4. The van der Waals surface area contributed by atoms with E-state index in [0.717, 1.165) is 16.5 Å². The van der Waals surface area contributed by atoms with E-state index in [-0.39, 0.29) is 16.5 Å². The largest absolute Gasteiger partial charge is 0.481 e. The van der Waals surface area contributed by atoms with Crippen molar-refractivity contribution in [3.63, 3.8) is 0 Å². The maximum absolute atomic E-state index is 12.9. The lowest BCUT2D eigenvalue weighted by Gasteiger charge is -2.31. The summed E-state index contributed by atoms with van der Waals surface area (Å²) in [6.07, 6.45) is 3.41. The molecule has 4 aromatic rings. The zero-order valence-electron chi connectivity index (χ0n) is 25.8. The van der Waals surface area contributed by atoms with Crippen LogP contribution in [-0.2, 0) is 28.4 Å². The molecule has 0 aliphatic carbocycles. The van der Waals surface area contributed by atoms with Crippen molar-refractivity contribution < 1.29 is 22.7 Å². The van der Waals surface area contributed by atoms with Gasteiger partial charge in [0.15, 0.2) is 0 Å². The number of aromatic nitrogens is 3. The molecule has 0 radical (unpaired) electrons. The number of benzene rings is 2. The Labute approximate surface area is 281 Å². The summed E-state index contributed by atoms with van der Waals surface area (Å²) in [5, 5.41) is 7.18. The van der Waals surface area contributed by atoms with Crippen molar-refractivity contribution in [1.82, 2.24) is 24.4 Å². The molecule has 12 nitrogen and oxygen atoms in total. The lowest BCUT2D eigenvalue weighted by molar-refractivity contribution is -0.124. The smallest absolute Gasteiger partial charge is 0.279 e. The molecule has 2 N–H and O–H groups in total. The Morgan fingerprint density at radius 1 is 0.979 bits per heavy atom. The number of aryl methyl sites for hydroxylation is 1. The number of pyridine rings is 1. The minimum Gasteiger partial charge on any atom is -0.481 e. The fourth-order valence-electron chi connectivity index (χ4n) is 5.42. The lowest BCUT2D eigenvalue weighted by Crippen LogP contribution is -2.41. The first-order valence-corrected chi connectivity index (χ1v) is 17.2. The number of amides is 2. The summed E-state index contributed by atoms with van der Waals surface area (Å²) in [5.41, 5.74) is 2.92. The van der Waals surface area contributed by atoms with E-state index in [1.165, 1.54) is 26.4 Å². The second-order valence-electron chi connectivity index (χ2n) is 11.1. The molecule has 47 heavy (non-hydrogen) atoms. The van der Waals surface area contributed by atoms with Crippen molar-refractivity contribution in [2.24, 2.45) is 13.0 Å². The van der Waals surface area contributed by atoms with Crippen LogP contribution in [0.3, 0.4) is 0 Å². The van der Waals surface area contributed by atoms with E-state index in [1.54, 1.807) is 18.2 Å². The molecule has 0 saturated carbocycles. The molecule has 1 aliphatic rings. The van der Waals surface area contributed by atoms with Crippen molar-refractivity contribution in [3.05, 3.63) is 92.3 Å². The highest BCUT2D eigenvalue weighted by Crippen LogP contribution is 2.41. The first kappa shape index (κ1) is 34.0. The van der Waals surface area contributed by atoms with Crippen LogP contribution in [0.1, 0.15) is 28.8 Å². The van der Waals surface area contributed by atoms with E-state index in [4.69, 9.17) is 32.9 Å². The SMILES string of the molecule is COc1nc(-c2cccc(-c3cccc(NC(=O)c4ccnn(C)c4=O)c3Cl)c2Cl)ccc1CN1CCC(C(=O)NS(C)(=O)=O)CC1. The molecule has 2 aromatic heterocycles. The van der Waals surface area contributed by atoms with Gasteiger partial charge in [0, 0.05) is 48.0 Å². The maximum Gasteiger partial charge on any atom is 0.279 e. The van der Waals surface area contributed by atoms with Crippen molar-refractivity contribution in [1.29, 1.82) is 0 Å². The number of rotatable bonds is 9. The Morgan fingerprint density at radius 3 is 2.32 bits per heavy atom. The van der Waals surface area contributed by atoms with Gasteiger partial charge in [-0.2, -0.15) is 5.10 Å². The number of hydrogen-bond acceptors (Lipinski definition) is 9. The van der Waals surface area contributed by atoms with Crippen LogP contribution in [-0.4, -0.2) is 66.4 Å². The summed E-state index contributed by atoms with van der Waals surface area (Å²) >= 11 is 13.7. The number of ether oxygens (including phenoxy) is 1. The van der Waals surface area contributed by atoms with Crippen molar-refractivity contribution in [2.45, 2.75) is 19.4 Å². The zero-order chi connectivity index (χ0) is 33.9. The third kappa shape index (κ3) is 7.82. The van der Waals surface area contributed by atoms with E-state index in [9.17, 15) is 22.8 Å². The van der Waals surface area contributed by atoms with Gasteiger partial charge in [0.1, 0.15) is 5.56 Å². The third-order valence-corrected chi connectivity index (χ3v) is 9.22. The van der Waals surface area contributed by atoms with Crippen LogP contribution in [0.25, 0.3) is 22.4 Å². The molecular formula is C32H32Cl2N6O6S. The number of methoxy groups -OCH3 is 1. The summed E-state index contributed by atoms with van der Waals surface area (Å²) in [6.45, 7) is 1.75. The number of nitrogens with one attached hydrogen (secondary N) is 2. The molecule has 2 amide bonds. The van der Waals surface area contributed by atoms with Crippen LogP contribution in [0, 0.1) is 5.92 Å². The Kier molecular flexibility index (Phi) is 10.3.